The van der Waals surface area contributed by atoms with Gasteiger partial charge in [0.05, 0.1) is 18.2 Å². The van der Waals surface area contributed by atoms with Crippen molar-refractivity contribution in [2.75, 3.05) is 13.2 Å². The molecule has 1 amide bonds. The van der Waals surface area contributed by atoms with Gasteiger partial charge in [-0.2, -0.15) is 5.26 Å². The Morgan fingerprint density at radius 2 is 2.07 bits per heavy atom. The maximum Gasteiger partial charge on any atom is 0.335 e. The zero-order valence-electron chi connectivity index (χ0n) is 9.11. The second kappa shape index (κ2) is 6.60. The number of nitrogens with zero attached hydrogens (tertiary/aromatic N) is 2. The maximum absolute atomic E-state index is 11.2. The van der Waals surface area contributed by atoms with Gasteiger partial charge in [0.1, 0.15) is 6.54 Å². The van der Waals surface area contributed by atoms with E-state index in [1.54, 1.807) is 6.92 Å². The lowest BCUT2D eigenvalue weighted by Crippen LogP contribution is -2.24. The van der Waals surface area contributed by atoms with Gasteiger partial charge >= 0.3 is 5.97 Å². The summed E-state index contributed by atoms with van der Waals surface area (Å²) in [6, 6.07) is 1.83. The monoisotopic (exact) mass is 210 g/mol. The topological polar surface area (TPSA) is 70.4 Å². The number of amides is 1. The first kappa shape index (κ1) is 13.2. The highest BCUT2D eigenvalue weighted by atomic mass is 16.5. The second-order valence-electron chi connectivity index (χ2n) is 2.84. The van der Waals surface area contributed by atoms with Gasteiger partial charge in [-0.1, -0.05) is 0 Å². The van der Waals surface area contributed by atoms with Crippen LogP contribution in [0, 0.1) is 11.3 Å². The number of carbonyl (C=O) groups excluding carboxylic acids is 2. The summed E-state index contributed by atoms with van der Waals surface area (Å²) in [4.78, 5) is 23.4. The molecule has 0 spiro atoms. The zero-order valence-corrected chi connectivity index (χ0v) is 9.11. The van der Waals surface area contributed by atoms with Crippen LogP contribution < -0.4 is 0 Å². The number of esters is 1. The van der Waals surface area contributed by atoms with Gasteiger partial charge in [0.2, 0.25) is 5.91 Å². The summed E-state index contributed by atoms with van der Waals surface area (Å²) in [6.07, 6.45) is 1.32. The molecule has 0 aromatic carbocycles. The first-order chi connectivity index (χ1) is 7.02. The van der Waals surface area contributed by atoms with Gasteiger partial charge in [-0.05, 0) is 13.8 Å². The van der Waals surface area contributed by atoms with Gasteiger partial charge in [-0.3, -0.25) is 4.79 Å². The van der Waals surface area contributed by atoms with Crippen LogP contribution in [0.4, 0.5) is 0 Å². The number of ether oxygens (including phenoxy) is 1. The minimum Gasteiger partial charge on any atom is -0.463 e. The van der Waals surface area contributed by atoms with Crippen LogP contribution in [0.1, 0.15) is 20.8 Å². The van der Waals surface area contributed by atoms with Crippen LogP contribution in [-0.4, -0.2) is 29.9 Å². The summed E-state index contributed by atoms with van der Waals surface area (Å²) < 4.78 is 4.73. The van der Waals surface area contributed by atoms with E-state index in [0.29, 0.717) is 5.57 Å². The highest BCUT2D eigenvalue weighted by Gasteiger charge is 2.09. The predicted molar refractivity (Wildman–Crippen MR) is 53.4 cm³/mol. The van der Waals surface area contributed by atoms with E-state index in [-0.39, 0.29) is 19.1 Å². The fourth-order valence-electron chi connectivity index (χ4n) is 0.855. The van der Waals surface area contributed by atoms with Crippen LogP contribution in [0.3, 0.4) is 0 Å². The molecule has 0 aliphatic rings. The molecule has 15 heavy (non-hydrogen) atoms. The third-order valence-corrected chi connectivity index (χ3v) is 1.59. The van der Waals surface area contributed by atoms with Gasteiger partial charge in [0, 0.05) is 13.1 Å². The summed E-state index contributed by atoms with van der Waals surface area (Å²) in [5.41, 5.74) is 0.294. The van der Waals surface area contributed by atoms with E-state index in [1.165, 1.54) is 20.0 Å². The van der Waals surface area contributed by atoms with Crippen molar-refractivity contribution in [1.29, 1.82) is 5.26 Å². The lowest BCUT2D eigenvalue weighted by Gasteiger charge is -2.12. The largest absolute Gasteiger partial charge is 0.463 e. The summed E-state index contributed by atoms with van der Waals surface area (Å²) in [5, 5.41) is 8.45. The molecule has 0 rings (SSSR count). The molecule has 5 heteroatoms. The average Bonchev–Trinajstić information content (AvgIpc) is 2.17. The van der Waals surface area contributed by atoms with E-state index in [4.69, 9.17) is 10.00 Å². The Morgan fingerprint density at radius 3 is 2.47 bits per heavy atom. The smallest absolute Gasteiger partial charge is 0.335 e. The highest BCUT2D eigenvalue weighted by molar-refractivity contribution is 5.88. The SMILES string of the molecule is CCOC(=O)/C(C)=C/N(CC#N)C(C)=O. The molecule has 0 aliphatic carbocycles. The Kier molecular flexibility index (Phi) is 5.79. The van der Waals surface area contributed by atoms with Gasteiger partial charge in [-0.25, -0.2) is 4.79 Å². The number of rotatable bonds is 4. The maximum atomic E-state index is 11.2. The molecule has 5 nitrogen and oxygen atoms in total. The van der Waals surface area contributed by atoms with Crippen LogP contribution in [0.15, 0.2) is 11.8 Å². The zero-order chi connectivity index (χ0) is 11.8. The number of hydrogen-bond donors (Lipinski definition) is 0. The molecule has 0 atom stereocenters. The lowest BCUT2D eigenvalue weighted by molar-refractivity contribution is -0.138. The summed E-state index contributed by atoms with van der Waals surface area (Å²) in [7, 11) is 0. The fraction of sp³-hybridized carbons (Fsp3) is 0.500. The van der Waals surface area contributed by atoms with Crippen molar-refractivity contribution in [2.45, 2.75) is 20.8 Å². The van der Waals surface area contributed by atoms with Crippen molar-refractivity contribution >= 4 is 11.9 Å². The standard InChI is InChI=1S/C10H14N2O3/c1-4-15-10(14)8(2)7-12(6-5-11)9(3)13/h7H,4,6H2,1-3H3/b8-7+. The third-order valence-electron chi connectivity index (χ3n) is 1.59. The molecule has 0 saturated heterocycles. The van der Waals surface area contributed by atoms with E-state index in [9.17, 15) is 9.59 Å². The van der Waals surface area contributed by atoms with Crippen LogP contribution in [0.25, 0.3) is 0 Å². The van der Waals surface area contributed by atoms with Gasteiger partial charge in [0.25, 0.3) is 0 Å². The summed E-state index contributed by atoms with van der Waals surface area (Å²) >= 11 is 0. The molecule has 0 fully saturated rings. The molecule has 0 N–H and O–H groups in total. The van der Waals surface area contributed by atoms with Crippen LogP contribution in [-0.2, 0) is 14.3 Å². The van der Waals surface area contributed by atoms with Crippen molar-refractivity contribution in [1.82, 2.24) is 4.90 Å². The highest BCUT2D eigenvalue weighted by Crippen LogP contribution is 2.00. The van der Waals surface area contributed by atoms with E-state index in [2.05, 4.69) is 0 Å². The second-order valence-corrected chi connectivity index (χ2v) is 2.84. The molecule has 0 bridgehead atoms. The minimum atomic E-state index is -0.485. The first-order valence-electron chi connectivity index (χ1n) is 4.52. The predicted octanol–water partition coefficient (Wildman–Crippen LogP) is 0.825. The molecule has 0 unspecified atom stereocenters. The molecule has 0 saturated carbocycles. The van der Waals surface area contributed by atoms with Crippen LogP contribution in [0.5, 0.6) is 0 Å². The Balaban J connectivity index is 4.61. The van der Waals surface area contributed by atoms with Crippen molar-refractivity contribution in [3.63, 3.8) is 0 Å². The molecule has 0 aromatic heterocycles. The lowest BCUT2D eigenvalue weighted by atomic mass is 10.3. The molecular formula is C10H14N2O3. The molecular weight excluding hydrogens is 196 g/mol. The van der Waals surface area contributed by atoms with Crippen molar-refractivity contribution < 1.29 is 14.3 Å². The third kappa shape index (κ3) is 4.81. The van der Waals surface area contributed by atoms with E-state index in [0.717, 1.165) is 4.90 Å². The van der Waals surface area contributed by atoms with Crippen molar-refractivity contribution in [2.24, 2.45) is 0 Å². The molecule has 0 radical (unpaired) electrons. The normalized spacial score (nSPS) is 10.4. The van der Waals surface area contributed by atoms with Gasteiger partial charge in [-0.15, -0.1) is 0 Å². The van der Waals surface area contributed by atoms with Gasteiger partial charge in [0.15, 0.2) is 0 Å². The average molecular weight is 210 g/mol. The minimum absolute atomic E-state index is 0.0773. The molecule has 0 aromatic rings. The van der Waals surface area contributed by atoms with E-state index >= 15 is 0 Å². The molecule has 0 aliphatic heterocycles. The van der Waals surface area contributed by atoms with Crippen LogP contribution >= 0.6 is 0 Å². The molecule has 0 heterocycles. The van der Waals surface area contributed by atoms with Crippen molar-refractivity contribution in [3.8, 4) is 6.07 Å². The first-order valence-corrected chi connectivity index (χ1v) is 4.52. The quantitative estimate of drug-likeness (QED) is 0.391. The van der Waals surface area contributed by atoms with E-state index in [1.807, 2.05) is 6.07 Å². The van der Waals surface area contributed by atoms with Crippen LogP contribution in [0.2, 0.25) is 0 Å². The number of hydrogen-bond acceptors (Lipinski definition) is 4. The molecule has 82 valence electrons. The fourth-order valence-corrected chi connectivity index (χ4v) is 0.855. The number of carbonyl (C=O) groups is 2. The Morgan fingerprint density at radius 1 is 1.47 bits per heavy atom. The van der Waals surface area contributed by atoms with E-state index < -0.39 is 5.97 Å². The Hall–Kier alpha value is -1.83. The summed E-state index contributed by atoms with van der Waals surface area (Å²) in [6.45, 7) is 4.76. The summed E-state index contributed by atoms with van der Waals surface area (Å²) in [5.74, 6) is -0.776. The van der Waals surface area contributed by atoms with Gasteiger partial charge < -0.3 is 9.64 Å². The number of nitriles is 1. The Bertz CT molecular complexity index is 315. The van der Waals surface area contributed by atoms with Crippen molar-refractivity contribution in [3.05, 3.63) is 11.8 Å². The Labute approximate surface area is 88.9 Å².